The second-order valence-corrected chi connectivity index (χ2v) is 13.4. The maximum atomic E-state index is 12.1. The number of ether oxygens (including phenoxy) is 1. The Kier molecular flexibility index (Phi) is 12.0. The molecule has 0 fully saturated rings. The van der Waals surface area contributed by atoms with Gasteiger partial charge in [-0.25, -0.2) is 9.78 Å². The summed E-state index contributed by atoms with van der Waals surface area (Å²) in [5.41, 5.74) is 16.9. The number of fused-ring (bicyclic) bond motifs is 4. The number of benzene rings is 2. The molecule has 5 aromatic rings. The van der Waals surface area contributed by atoms with Gasteiger partial charge in [0, 0.05) is 52.7 Å². The summed E-state index contributed by atoms with van der Waals surface area (Å²) in [7, 11) is 0. The maximum Gasteiger partial charge on any atom is 0.407 e. The largest absolute Gasteiger partial charge is 0.450 e. The number of pyridine rings is 2. The Morgan fingerprint density at radius 2 is 1.43 bits per heavy atom. The highest BCUT2D eigenvalue weighted by Crippen LogP contribution is 2.37. The SMILES string of the molecule is NCCC1c2ccc(Cl)cc2CCc2cccnc21.O=C(NCCC1c2ccc(Cl)cc2CCc2cccnc21)OCCCc1cnc[nH]1. The van der Waals surface area contributed by atoms with Gasteiger partial charge >= 0.3 is 6.09 Å². The smallest absolute Gasteiger partial charge is 0.407 e. The maximum absolute atomic E-state index is 12.1. The molecule has 2 atom stereocenters. The zero-order chi connectivity index (χ0) is 34.0. The number of nitrogens with zero attached hydrogens (tertiary/aromatic N) is 3. The number of carbonyl (C=O) groups is 1. The standard InChI is InChI=1S/C23H25ClN4O2.C16H17ClN2/c24-18-7-8-20-17(13-18)6-5-16-3-1-10-26-22(16)21(20)9-11-27-23(29)30-12-2-4-19-14-25-15-28-19;17-13-5-6-14-12(10-13)4-3-11-2-1-9-19-16(11)15(14)7-8-18/h1,3,7-8,10,13-15,21H,2,4-6,9,11-12H2,(H,25,28)(H,27,29);1-2,5-6,9-10,15H,3-4,7-8,18H2. The number of halogens is 2. The van der Waals surface area contributed by atoms with Crippen molar-refractivity contribution in [1.29, 1.82) is 0 Å². The lowest BCUT2D eigenvalue weighted by Gasteiger charge is -2.19. The Bertz CT molecular complexity index is 1850. The van der Waals surface area contributed by atoms with Crippen molar-refractivity contribution in [3.05, 3.63) is 146 Å². The average molecular weight is 698 g/mol. The van der Waals surface area contributed by atoms with Crippen LogP contribution in [0.25, 0.3) is 0 Å². The molecule has 0 bridgehead atoms. The minimum Gasteiger partial charge on any atom is -0.450 e. The van der Waals surface area contributed by atoms with E-state index in [1.807, 2.05) is 36.7 Å². The Hall–Kier alpha value is -4.24. The van der Waals surface area contributed by atoms with Gasteiger partial charge in [0.25, 0.3) is 0 Å². The molecule has 4 N–H and O–H groups in total. The van der Waals surface area contributed by atoms with E-state index in [9.17, 15) is 4.79 Å². The number of hydrogen-bond donors (Lipinski definition) is 3. The molecule has 2 unspecified atom stereocenters. The highest BCUT2D eigenvalue weighted by Gasteiger charge is 2.26. The number of hydrogen-bond acceptors (Lipinski definition) is 6. The number of rotatable bonds is 9. The van der Waals surface area contributed by atoms with Gasteiger partial charge in [0.15, 0.2) is 0 Å². The van der Waals surface area contributed by atoms with Crippen molar-refractivity contribution in [2.45, 2.75) is 63.2 Å². The fourth-order valence-electron chi connectivity index (χ4n) is 7.02. The van der Waals surface area contributed by atoms with E-state index in [4.69, 9.17) is 33.7 Å². The van der Waals surface area contributed by atoms with Crippen LogP contribution >= 0.6 is 23.2 Å². The lowest BCUT2D eigenvalue weighted by atomic mass is 9.89. The van der Waals surface area contributed by atoms with E-state index in [-0.39, 0.29) is 12.0 Å². The molecule has 2 aliphatic carbocycles. The normalized spacial score (nSPS) is 16.0. The number of aromatic amines is 1. The predicted octanol–water partition coefficient (Wildman–Crippen LogP) is 7.75. The fourth-order valence-corrected chi connectivity index (χ4v) is 7.41. The molecule has 254 valence electrons. The third kappa shape index (κ3) is 8.87. The predicted molar refractivity (Wildman–Crippen MR) is 194 cm³/mol. The lowest BCUT2D eigenvalue weighted by Crippen LogP contribution is -2.27. The van der Waals surface area contributed by atoms with Crippen LogP contribution in [-0.4, -0.2) is 45.7 Å². The minimum absolute atomic E-state index is 0.122. The highest BCUT2D eigenvalue weighted by atomic mass is 35.5. The number of nitrogens with one attached hydrogen (secondary N) is 2. The monoisotopic (exact) mass is 696 g/mol. The number of nitrogens with two attached hydrogens (primary N) is 1. The van der Waals surface area contributed by atoms with Crippen molar-refractivity contribution in [3.8, 4) is 0 Å². The first-order chi connectivity index (χ1) is 24.0. The molecule has 10 heteroatoms. The number of aromatic nitrogens is 4. The quantitative estimate of drug-likeness (QED) is 0.136. The van der Waals surface area contributed by atoms with Crippen molar-refractivity contribution in [3.63, 3.8) is 0 Å². The number of H-pyrrole nitrogens is 1. The fraction of sp³-hybridized carbons (Fsp3) is 0.333. The zero-order valence-corrected chi connectivity index (χ0v) is 29.0. The Morgan fingerprint density at radius 3 is 2.00 bits per heavy atom. The molecule has 8 nitrogen and oxygen atoms in total. The summed E-state index contributed by atoms with van der Waals surface area (Å²) in [6.07, 6.45) is 13.9. The van der Waals surface area contributed by atoms with Gasteiger partial charge in [-0.2, -0.15) is 0 Å². The average Bonchev–Trinajstić information content (AvgIpc) is 3.53. The molecule has 2 aromatic carbocycles. The molecule has 0 saturated heterocycles. The number of aryl methyl sites for hydroxylation is 5. The summed E-state index contributed by atoms with van der Waals surface area (Å²) < 4.78 is 5.29. The molecule has 49 heavy (non-hydrogen) atoms. The third-order valence-corrected chi connectivity index (χ3v) is 9.81. The number of amides is 1. The molecule has 7 rings (SSSR count). The molecule has 3 heterocycles. The van der Waals surface area contributed by atoms with Crippen molar-refractivity contribution in [1.82, 2.24) is 25.3 Å². The van der Waals surface area contributed by atoms with E-state index in [2.05, 4.69) is 61.7 Å². The van der Waals surface area contributed by atoms with Crippen LogP contribution in [0, 0.1) is 0 Å². The molecular formula is C39H42Cl2N6O2. The van der Waals surface area contributed by atoms with E-state index in [0.29, 0.717) is 25.6 Å². The first-order valence-corrected chi connectivity index (χ1v) is 17.8. The van der Waals surface area contributed by atoms with Crippen LogP contribution in [0.15, 0.2) is 85.6 Å². The van der Waals surface area contributed by atoms with Crippen LogP contribution in [0.5, 0.6) is 0 Å². The van der Waals surface area contributed by atoms with Crippen molar-refractivity contribution in [2.24, 2.45) is 5.73 Å². The van der Waals surface area contributed by atoms with Gasteiger partial charge in [-0.3, -0.25) is 9.97 Å². The highest BCUT2D eigenvalue weighted by molar-refractivity contribution is 6.31. The summed E-state index contributed by atoms with van der Waals surface area (Å²) >= 11 is 12.4. The number of carbonyl (C=O) groups excluding carboxylic acids is 1. The Morgan fingerprint density at radius 1 is 0.837 bits per heavy atom. The van der Waals surface area contributed by atoms with Crippen LogP contribution in [0.1, 0.15) is 81.6 Å². The molecule has 0 spiro atoms. The van der Waals surface area contributed by atoms with E-state index in [1.54, 1.807) is 12.5 Å². The Balaban J connectivity index is 0.000000188. The van der Waals surface area contributed by atoms with Crippen molar-refractivity contribution >= 4 is 29.3 Å². The van der Waals surface area contributed by atoms with E-state index >= 15 is 0 Å². The van der Waals surface area contributed by atoms with Gasteiger partial charge in [-0.05, 0) is 128 Å². The van der Waals surface area contributed by atoms with Gasteiger partial charge in [0.1, 0.15) is 0 Å². The summed E-state index contributed by atoms with van der Waals surface area (Å²) in [5.74, 6) is 0.424. The van der Waals surface area contributed by atoms with Crippen LogP contribution in [0.2, 0.25) is 10.0 Å². The van der Waals surface area contributed by atoms with Crippen LogP contribution < -0.4 is 11.1 Å². The van der Waals surface area contributed by atoms with Gasteiger partial charge in [0.05, 0.1) is 24.3 Å². The summed E-state index contributed by atoms with van der Waals surface area (Å²) in [5, 5.41) is 4.44. The van der Waals surface area contributed by atoms with Crippen molar-refractivity contribution in [2.75, 3.05) is 19.7 Å². The second kappa shape index (κ2) is 16.9. The van der Waals surface area contributed by atoms with E-state index in [1.165, 1.54) is 39.1 Å². The van der Waals surface area contributed by atoms with E-state index in [0.717, 1.165) is 72.8 Å². The first kappa shape index (κ1) is 34.6. The molecule has 2 aliphatic rings. The van der Waals surface area contributed by atoms with Gasteiger partial charge < -0.3 is 20.8 Å². The number of alkyl carbamates (subject to hydrolysis) is 1. The summed E-state index contributed by atoms with van der Waals surface area (Å²) in [6.45, 7) is 1.56. The Labute approximate surface area is 297 Å². The molecule has 1 amide bonds. The molecule has 3 aromatic heterocycles. The topological polar surface area (TPSA) is 119 Å². The summed E-state index contributed by atoms with van der Waals surface area (Å²) in [6, 6.07) is 20.6. The number of imidazole rings is 1. The first-order valence-electron chi connectivity index (χ1n) is 17.0. The molecule has 0 aliphatic heterocycles. The van der Waals surface area contributed by atoms with Crippen molar-refractivity contribution < 1.29 is 9.53 Å². The molecular weight excluding hydrogens is 655 g/mol. The third-order valence-electron chi connectivity index (χ3n) is 9.34. The molecule has 0 saturated carbocycles. The summed E-state index contributed by atoms with van der Waals surface area (Å²) in [4.78, 5) is 28.4. The van der Waals surface area contributed by atoms with Gasteiger partial charge in [0.2, 0.25) is 0 Å². The van der Waals surface area contributed by atoms with E-state index < -0.39 is 0 Å². The van der Waals surface area contributed by atoms with Crippen LogP contribution in [0.3, 0.4) is 0 Å². The van der Waals surface area contributed by atoms with Crippen LogP contribution in [-0.2, 0) is 36.8 Å². The second-order valence-electron chi connectivity index (χ2n) is 12.5. The molecule has 0 radical (unpaired) electrons. The van der Waals surface area contributed by atoms with Gasteiger partial charge in [-0.1, -0.05) is 47.5 Å². The van der Waals surface area contributed by atoms with Crippen LogP contribution in [0.4, 0.5) is 4.79 Å². The lowest BCUT2D eigenvalue weighted by molar-refractivity contribution is 0.144. The zero-order valence-electron chi connectivity index (χ0n) is 27.5. The minimum atomic E-state index is -0.384. The van der Waals surface area contributed by atoms with Gasteiger partial charge in [-0.15, -0.1) is 0 Å².